The number of carbonyl (C=O) groups excluding carboxylic acids is 1. The quantitative estimate of drug-likeness (QED) is 0.238. The average Bonchev–Trinajstić information content (AvgIpc) is 2.55. The van der Waals surface area contributed by atoms with Crippen LogP contribution in [0, 0.1) is 0 Å². The summed E-state index contributed by atoms with van der Waals surface area (Å²) in [6.07, 6.45) is 2.20. The molecule has 0 aliphatic carbocycles. The fourth-order valence-electron chi connectivity index (χ4n) is 1.45. The second-order valence-electron chi connectivity index (χ2n) is 4.74. The zero-order valence-corrected chi connectivity index (χ0v) is 13.9. The largest absolute Gasteiger partial charge is 0.481 e. The minimum Gasteiger partial charge on any atom is -0.481 e. The zero-order chi connectivity index (χ0) is 18.0. The number of esters is 1. The Morgan fingerprint density at radius 1 is 1.21 bits per heavy atom. The van der Waals surface area contributed by atoms with Gasteiger partial charge in [-0.25, -0.2) is 4.79 Å². The van der Waals surface area contributed by atoms with E-state index in [0.717, 1.165) is 11.7 Å². The normalized spacial score (nSPS) is 12.1. The minimum absolute atomic E-state index is 0.0537. The second-order valence-corrected chi connectivity index (χ2v) is 6.19. The molecule has 130 valence electrons. The number of carbonyl (C=O) groups is 2. The summed E-state index contributed by atoms with van der Waals surface area (Å²) < 4.78 is 32.8. The zero-order valence-electron chi connectivity index (χ0n) is 13.0. The molecule has 24 heavy (non-hydrogen) atoms. The highest BCUT2D eigenvalue weighted by molar-refractivity contribution is 7.89. The topological polar surface area (TPSA) is 107 Å². The Morgan fingerprint density at radius 2 is 1.88 bits per heavy atom. The maximum atomic E-state index is 11.7. The summed E-state index contributed by atoms with van der Waals surface area (Å²) in [7, 11) is -3.99. The SMILES string of the molecule is CC(=COS(=O)(=O)C=Cc1ccccc1)C(=O)OCCCC(=O)O. The van der Waals surface area contributed by atoms with Crippen molar-refractivity contribution < 1.29 is 32.0 Å². The monoisotopic (exact) mass is 354 g/mol. The Bertz CT molecular complexity index is 718. The predicted octanol–water partition coefficient (Wildman–Crippen LogP) is 2.32. The molecule has 0 bridgehead atoms. The fourth-order valence-corrected chi connectivity index (χ4v) is 2.11. The van der Waals surface area contributed by atoms with E-state index >= 15 is 0 Å². The van der Waals surface area contributed by atoms with Gasteiger partial charge in [0.25, 0.3) is 0 Å². The number of benzene rings is 1. The number of rotatable bonds is 9. The van der Waals surface area contributed by atoms with Crippen LogP contribution in [0.15, 0.2) is 47.6 Å². The van der Waals surface area contributed by atoms with Crippen molar-refractivity contribution in [2.24, 2.45) is 0 Å². The van der Waals surface area contributed by atoms with Crippen LogP contribution >= 0.6 is 0 Å². The molecule has 0 atom stereocenters. The lowest BCUT2D eigenvalue weighted by atomic mass is 10.2. The van der Waals surface area contributed by atoms with Crippen LogP contribution in [-0.2, 0) is 28.6 Å². The molecule has 0 unspecified atom stereocenters. The van der Waals surface area contributed by atoms with Crippen LogP contribution < -0.4 is 0 Å². The van der Waals surface area contributed by atoms with Gasteiger partial charge in [-0.15, -0.1) is 0 Å². The molecule has 0 fully saturated rings. The summed E-state index contributed by atoms with van der Waals surface area (Å²) in [5.74, 6) is -1.76. The molecule has 1 N–H and O–H groups in total. The van der Waals surface area contributed by atoms with Crippen molar-refractivity contribution in [2.75, 3.05) is 6.61 Å². The molecule has 0 saturated heterocycles. The van der Waals surface area contributed by atoms with Crippen LogP contribution in [0.2, 0.25) is 0 Å². The van der Waals surface area contributed by atoms with Gasteiger partial charge in [0.15, 0.2) is 0 Å². The minimum atomic E-state index is -3.99. The number of hydrogen-bond acceptors (Lipinski definition) is 6. The third-order valence-corrected chi connectivity index (χ3v) is 3.51. The van der Waals surface area contributed by atoms with Crippen LogP contribution in [0.3, 0.4) is 0 Å². The number of aliphatic carboxylic acids is 1. The van der Waals surface area contributed by atoms with E-state index in [2.05, 4.69) is 4.18 Å². The van der Waals surface area contributed by atoms with Gasteiger partial charge in [0, 0.05) is 6.42 Å². The number of carboxylic acid groups (broad SMARTS) is 1. The van der Waals surface area contributed by atoms with Crippen molar-refractivity contribution in [3.8, 4) is 0 Å². The van der Waals surface area contributed by atoms with Crippen molar-refractivity contribution in [1.82, 2.24) is 0 Å². The van der Waals surface area contributed by atoms with Crippen LogP contribution in [0.1, 0.15) is 25.3 Å². The molecule has 0 spiro atoms. The molecular weight excluding hydrogens is 336 g/mol. The van der Waals surface area contributed by atoms with Gasteiger partial charge in [0.1, 0.15) is 6.26 Å². The lowest BCUT2D eigenvalue weighted by Crippen LogP contribution is -2.09. The summed E-state index contributed by atoms with van der Waals surface area (Å²) in [5.41, 5.74) is 0.630. The van der Waals surface area contributed by atoms with Crippen LogP contribution in [0.25, 0.3) is 6.08 Å². The van der Waals surface area contributed by atoms with Crippen LogP contribution in [-0.4, -0.2) is 32.1 Å². The van der Waals surface area contributed by atoms with E-state index in [1.807, 2.05) is 0 Å². The molecule has 0 radical (unpaired) electrons. The Hall–Kier alpha value is -2.61. The first-order chi connectivity index (χ1) is 11.3. The van der Waals surface area contributed by atoms with Crippen LogP contribution in [0.4, 0.5) is 0 Å². The predicted molar refractivity (Wildman–Crippen MR) is 87.1 cm³/mol. The highest BCUT2D eigenvalue weighted by Gasteiger charge is 2.10. The summed E-state index contributed by atoms with van der Waals surface area (Å²) >= 11 is 0. The Morgan fingerprint density at radius 3 is 2.50 bits per heavy atom. The summed E-state index contributed by atoms with van der Waals surface area (Å²) in [6, 6.07) is 8.77. The van der Waals surface area contributed by atoms with E-state index in [9.17, 15) is 18.0 Å². The summed E-state index contributed by atoms with van der Waals surface area (Å²) in [4.78, 5) is 21.9. The molecule has 8 heteroatoms. The van der Waals surface area contributed by atoms with Crippen molar-refractivity contribution in [3.05, 3.63) is 53.1 Å². The first kappa shape index (κ1) is 19.4. The molecule has 0 aliphatic rings. The molecule has 0 amide bonds. The first-order valence-electron chi connectivity index (χ1n) is 7.02. The lowest BCUT2D eigenvalue weighted by molar-refractivity contribution is -0.142. The number of carboxylic acids is 1. The highest BCUT2D eigenvalue weighted by atomic mass is 32.2. The average molecular weight is 354 g/mol. The Kier molecular flexibility index (Phi) is 7.70. The van der Waals surface area contributed by atoms with Crippen LogP contribution in [0.5, 0.6) is 0 Å². The molecule has 0 heterocycles. The molecular formula is C16H18O7S. The smallest absolute Gasteiger partial charge is 0.336 e. The molecule has 0 saturated carbocycles. The third kappa shape index (κ3) is 8.14. The molecule has 1 rings (SSSR count). The second kappa shape index (κ2) is 9.51. The van der Waals surface area contributed by atoms with E-state index in [1.165, 1.54) is 13.0 Å². The number of ether oxygens (including phenoxy) is 1. The van der Waals surface area contributed by atoms with E-state index in [-0.39, 0.29) is 25.0 Å². The van der Waals surface area contributed by atoms with Gasteiger partial charge < -0.3 is 14.0 Å². The fraction of sp³-hybridized carbons (Fsp3) is 0.250. The third-order valence-electron chi connectivity index (χ3n) is 2.68. The number of hydrogen-bond donors (Lipinski definition) is 1. The standard InChI is InChI=1S/C16H18O7S/c1-13(16(19)22-10-5-8-15(17)18)12-23-24(20,21)11-9-14-6-3-2-4-7-14/h2-4,6-7,9,11-12H,5,8,10H2,1H3,(H,17,18). The van der Waals surface area contributed by atoms with Crippen molar-refractivity contribution in [3.63, 3.8) is 0 Å². The molecule has 1 aromatic carbocycles. The molecule has 0 aromatic heterocycles. The van der Waals surface area contributed by atoms with Crippen molar-refractivity contribution in [2.45, 2.75) is 19.8 Å². The summed E-state index contributed by atoms with van der Waals surface area (Å²) in [5, 5.41) is 9.33. The summed E-state index contributed by atoms with van der Waals surface area (Å²) in [6.45, 7) is 1.26. The lowest BCUT2D eigenvalue weighted by Gasteiger charge is -2.04. The molecule has 1 aromatic rings. The van der Waals surface area contributed by atoms with E-state index < -0.39 is 22.1 Å². The van der Waals surface area contributed by atoms with Gasteiger partial charge in [-0.1, -0.05) is 30.3 Å². The van der Waals surface area contributed by atoms with E-state index in [0.29, 0.717) is 5.56 Å². The van der Waals surface area contributed by atoms with Gasteiger partial charge in [0.2, 0.25) is 0 Å². The van der Waals surface area contributed by atoms with Gasteiger partial charge >= 0.3 is 22.1 Å². The van der Waals surface area contributed by atoms with Crippen molar-refractivity contribution >= 4 is 28.1 Å². The Balaban J connectivity index is 2.51. The van der Waals surface area contributed by atoms with Gasteiger partial charge in [-0.3, -0.25) is 4.79 Å². The first-order valence-corrected chi connectivity index (χ1v) is 8.49. The molecule has 7 nitrogen and oxygen atoms in total. The van der Waals surface area contributed by atoms with Gasteiger partial charge in [0.05, 0.1) is 17.6 Å². The maximum absolute atomic E-state index is 11.7. The highest BCUT2D eigenvalue weighted by Crippen LogP contribution is 2.07. The van der Waals surface area contributed by atoms with E-state index in [4.69, 9.17) is 9.84 Å². The Labute approximate surface area is 140 Å². The van der Waals surface area contributed by atoms with Gasteiger partial charge in [-0.05, 0) is 25.0 Å². The van der Waals surface area contributed by atoms with E-state index in [1.54, 1.807) is 30.3 Å². The van der Waals surface area contributed by atoms with Crippen molar-refractivity contribution in [1.29, 1.82) is 0 Å². The van der Waals surface area contributed by atoms with Gasteiger partial charge in [-0.2, -0.15) is 8.42 Å². The maximum Gasteiger partial charge on any atom is 0.336 e. The molecule has 0 aliphatic heterocycles.